The number of hydrogen-bond donors (Lipinski definition) is 1. The van der Waals surface area contributed by atoms with Crippen LogP contribution >= 0.6 is 11.6 Å². The molecule has 21 heavy (non-hydrogen) atoms. The van der Waals surface area contributed by atoms with Crippen LogP contribution in [0.4, 0.5) is 5.69 Å². The normalized spacial score (nSPS) is 11.5. The van der Waals surface area contributed by atoms with Gasteiger partial charge < -0.3 is 10.1 Å². The Bertz CT molecular complexity index is 664. The van der Waals surface area contributed by atoms with Gasteiger partial charge in [-0.3, -0.25) is 0 Å². The Morgan fingerprint density at radius 1 is 1.29 bits per heavy atom. The topological polar surface area (TPSA) is 45.0 Å². The second kappa shape index (κ2) is 7.01. The van der Waals surface area contributed by atoms with Crippen molar-refractivity contribution in [2.75, 3.05) is 11.9 Å². The predicted octanol–water partition coefficient (Wildman–Crippen LogP) is 4.78. The Morgan fingerprint density at radius 3 is 2.81 bits per heavy atom. The average Bonchev–Trinajstić information content (AvgIpc) is 2.50. The molecule has 0 aliphatic heterocycles. The van der Waals surface area contributed by atoms with E-state index in [0.717, 1.165) is 17.0 Å². The summed E-state index contributed by atoms with van der Waals surface area (Å²) in [5.74, 6) is 0.769. The van der Waals surface area contributed by atoms with E-state index in [4.69, 9.17) is 21.6 Å². The molecule has 2 rings (SSSR count). The van der Waals surface area contributed by atoms with Crippen LogP contribution in [0.15, 0.2) is 42.5 Å². The van der Waals surface area contributed by atoms with Gasteiger partial charge in [0.2, 0.25) is 0 Å². The van der Waals surface area contributed by atoms with E-state index >= 15 is 0 Å². The molecule has 1 N–H and O–H groups in total. The fraction of sp³-hybridized carbons (Fsp3) is 0.235. The molecular formula is C17H17ClN2O. The summed E-state index contributed by atoms with van der Waals surface area (Å²) < 4.78 is 5.60. The Labute approximate surface area is 130 Å². The van der Waals surface area contributed by atoms with E-state index in [0.29, 0.717) is 17.2 Å². The predicted molar refractivity (Wildman–Crippen MR) is 85.8 cm³/mol. The molecule has 0 aliphatic carbocycles. The second-order valence-corrected chi connectivity index (χ2v) is 5.11. The highest BCUT2D eigenvalue weighted by atomic mass is 35.5. The summed E-state index contributed by atoms with van der Waals surface area (Å²) in [5.41, 5.74) is 2.54. The van der Waals surface area contributed by atoms with Crippen molar-refractivity contribution in [3.8, 4) is 11.8 Å². The number of hydrogen-bond acceptors (Lipinski definition) is 3. The van der Waals surface area contributed by atoms with Crippen molar-refractivity contribution in [1.82, 2.24) is 0 Å². The molecule has 0 heterocycles. The Morgan fingerprint density at radius 2 is 2.10 bits per heavy atom. The van der Waals surface area contributed by atoms with Crippen molar-refractivity contribution in [2.24, 2.45) is 0 Å². The van der Waals surface area contributed by atoms with Gasteiger partial charge in [-0.15, -0.1) is 0 Å². The van der Waals surface area contributed by atoms with Gasteiger partial charge in [0.1, 0.15) is 5.75 Å². The fourth-order valence-corrected chi connectivity index (χ4v) is 2.26. The molecule has 0 bridgehead atoms. The minimum Gasteiger partial charge on any atom is -0.492 e. The zero-order valence-corrected chi connectivity index (χ0v) is 12.8. The van der Waals surface area contributed by atoms with Crippen molar-refractivity contribution < 1.29 is 4.74 Å². The first-order chi connectivity index (χ1) is 10.1. The lowest BCUT2D eigenvalue weighted by molar-refractivity contribution is 0.341. The molecular weight excluding hydrogens is 284 g/mol. The van der Waals surface area contributed by atoms with Crippen molar-refractivity contribution in [1.29, 1.82) is 5.26 Å². The SMILES string of the molecule is CCOc1ccc(Cl)cc1NC(C)c1cccc(C#N)c1. The van der Waals surface area contributed by atoms with Gasteiger partial charge in [-0.05, 0) is 49.7 Å². The van der Waals surface area contributed by atoms with Crippen LogP contribution in [0.1, 0.15) is 31.0 Å². The van der Waals surface area contributed by atoms with E-state index in [1.54, 1.807) is 12.1 Å². The van der Waals surface area contributed by atoms with E-state index in [1.165, 1.54) is 0 Å². The maximum atomic E-state index is 8.98. The van der Waals surface area contributed by atoms with Crippen LogP contribution in [0.3, 0.4) is 0 Å². The molecule has 1 atom stereocenters. The Kier molecular flexibility index (Phi) is 5.08. The molecule has 3 nitrogen and oxygen atoms in total. The quantitative estimate of drug-likeness (QED) is 0.864. The monoisotopic (exact) mass is 300 g/mol. The summed E-state index contributed by atoms with van der Waals surface area (Å²) >= 11 is 6.06. The highest BCUT2D eigenvalue weighted by molar-refractivity contribution is 6.30. The van der Waals surface area contributed by atoms with Crippen molar-refractivity contribution in [3.05, 3.63) is 58.6 Å². The highest BCUT2D eigenvalue weighted by Crippen LogP contribution is 2.31. The van der Waals surface area contributed by atoms with Crippen LogP contribution < -0.4 is 10.1 Å². The van der Waals surface area contributed by atoms with Crippen molar-refractivity contribution in [3.63, 3.8) is 0 Å². The molecule has 2 aromatic carbocycles. The van der Waals surface area contributed by atoms with E-state index < -0.39 is 0 Å². The van der Waals surface area contributed by atoms with E-state index in [9.17, 15) is 0 Å². The molecule has 0 saturated carbocycles. The fourth-order valence-electron chi connectivity index (χ4n) is 2.09. The van der Waals surface area contributed by atoms with Gasteiger partial charge in [0.25, 0.3) is 0 Å². The third-order valence-corrected chi connectivity index (χ3v) is 3.36. The molecule has 0 saturated heterocycles. The molecule has 0 fully saturated rings. The maximum Gasteiger partial charge on any atom is 0.142 e. The van der Waals surface area contributed by atoms with Gasteiger partial charge in [-0.25, -0.2) is 0 Å². The van der Waals surface area contributed by atoms with Gasteiger partial charge in [-0.1, -0.05) is 23.7 Å². The number of nitrogens with zero attached hydrogens (tertiary/aromatic N) is 1. The summed E-state index contributed by atoms with van der Waals surface area (Å²) in [6, 6.07) is 15.2. The summed E-state index contributed by atoms with van der Waals surface area (Å²) in [7, 11) is 0. The summed E-state index contributed by atoms with van der Waals surface area (Å²) in [6.07, 6.45) is 0. The molecule has 4 heteroatoms. The zero-order chi connectivity index (χ0) is 15.2. The summed E-state index contributed by atoms with van der Waals surface area (Å²) in [4.78, 5) is 0. The molecule has 0 radical (unpaired) electrons. The Hall–Kier alpha value is -2.18. The average molecular weight is 301 g/mol. The molecule has 0 spiro atoms. The lowest BCUT2D eigenvalue weighted by Gasteiger charge is -2.19. The summed E-state index contributed by atoms with van der Waals surface area (Å²) in [5, 5.41) is 13.0. The first kappa shape index (κ1) is 15.2. The van der Waals surface area contributed by atoms with Crippen LogP contribution in [0.25, 0.3) is 0 Å². The number of nitriles is 1. The van der Waals surface area contributed by atoms with Crippen molar-refractivity contribution >= 4 is 17.3 Å². The molecule has 0 aromatic heterocycles. The second-order valence-electron chi connectivity index (χ2n) is 4.68. The van der Waals surface area contributed by atoms with Gasteiger partial charge in [0.05, 0.1) is 23.9 Å². The molecule has 2 aromatic rings. The molecule has 108 valence electrons. The molecule has 1 unspecified atom stereocenters. The highest BCUT2D eigenvalue weighted by Gasteiger charge is 2.10. The number of halogens is 1. The zero-order valence-electron chi connectivity index (χ0n) is 12.1. The summed E-state index contributed by atoms with van der Waals surface area (Å²) in [6.45, 7) is 4.57. The first-order valence-corrected chi connectivity index (χ1v) is 7.20. The largest absolute Gasteiger partial charge is 0.492 e. The lowest BCUT2D eigenvalue weighted by Crippen LogP contribution is -2.08. The van der Waals surface area contributed by atoms with E-state index in [-0.39, 0.29) is 6.04 Å². The lowest BCUT2D eigenvalue weighted by atomic mass is 10.1. The third kappa shape index (κ3) is 3.90. The van der Waals surface area contributed by atoms with Crippen LogP contribution in [-0.2, 0) is 0 Å². The number of anilines is 1. The number of benzene rings is 2. The number of rotatable bonds is 5. The van der Waals surface area contributed by atoms with Crippen LogP contribution in [0, 0.1) is 11.3 Å². The van der Waals surface area contributed by atoms with E-state index in [2.05, 4.69) is 11.4 Å². The molecule has 0 amide bonds. The standard InChI is InChI=1S/C17H17ClN2O/c1-3-21-17-8-7-15(18)10-16(17)20-12(2)14-6-4-5-13(9-14)11-19/h4-10,12,20H,3H2,1-2H3. The molecule has 0 aliphatic rings. The minimum absolute atomic E-state index is 0.0379. The number of nitrogens with one attached hydrogen (secondary N) is 1. The van der Waals surface area contributed by atoms with Crippen LogP contribution in [-0.4, -0.2) is 6.61 Å². The van der Waals surface area contributed by atoms with Crippen LogP contribution in [0.5, 0.6) is 5.75 Å². The van der Waals surface area contributed by atoms with Gasteiger partial charge >= 0.3 is 0 Å². The maximum absolute atomic E-state index is 8.98. The van der Waals surface area contributed by atoms with Crippen LogP contribution in [0.2, 0.25) is 5.02 Å². The van der Waals surface area contributed by atoms with Gasteiger partial charge in [0.15, 0.2) is 0 Å². The van der Waals surface area contributed by atoms with Gasteiger partial charge in [0, 0.05) is 11.1 Å². The van der Waals surface area contributed by atoms with Gasteiger partial charge in [-0.2, -0.15) is 5.26 Å². The first-order valence-electron chi connectivity index (χ1n) is 6.83. The van der Waals surface area contributed by atoms with E-state index in [1.807, 2.05) is 44.2 Å². The number of ether oxygens (including phenoxy) is 1. The van der Waals surface area contributed by atoms with Crippen molar-refractivity contribution in [2.45, 2.75) is 19.9 Å². The smallest absolute Gasteiger partial charge is 0.142 e. The Balaban J connectivity index is 2.24. The minimum atomic E-state index is 0.0379. The third-order valence-electron chi connectivity index (χ3n) is 3.13.